The highest BCUT2D eigenvalue weighted by atomic mass is 16.5. The summed E-state index contributed by atoms with van der Waals surface area (Å²) in [6.07, 6.45) is 0. The molecule has 0 spiro atoms. The van der Waals surface area contributed by atoms with Crippen LogP contribution in [0.1, 0.15) is 0 Å². The maximum atomic E-state index is 7.45. The third kappa shape index (κ3) is 1.43. The first-order chi connectivity index (χ1) is 1.91. The van der Waals surface area contributed by atoms with Crippen LogP contribution >= 0.6 is 0 Å². The van der Waals surface area contributed by atoms with Gasteiger partial charge in [-0.1, -0.05) is 5.59 Å². The van der Waals surface area contributed by atoms with Crippen LogP contribution in [0.5, 0.6) is 0 Å². The molecule has 0 atom stereocenters. The van der Waals surface area contributed by atoms with Gasteiger partial charge in [0.25, 0.3) is 0 Å². The lowest BCUT2D eigenvalue weighted by Gasteiger charge is -1.62. The summed E-state index contributed by atoms with van der Waals surface area (Å²) < 4.78 is 0. The Morgan fingerprint density at radius 2 is 2.25 bits per heavy atom. The van der Waals surface area contributed by atoms with Crippen LogP contribution in [-0.2, 0) is 0 Å². The van der Waals surface area contributed by atoms with Crippen LogP contribution in [0.25, 0.3) is 0 Å². The summed E-state index contributed by atoms with van der Waals surface area (Å²) in [6.45, 7) is 2.99. The topological polar surface area (TPSA) is 46.2 Å². The zero-order valence-corrected chi connectivity index (χ0v) is 2.15. The van der Waals surface area contributed by atoms with E-state index in [4.69, 9.17) is 5.21 Å². The Morgan fingerprint density at radius 1 is 2.00 bits per heavy atom. The van der Waals surface area contributed by atoms with Crippen LogP contribution in [0.2, 0.25) is 0 Å². The Kier molecular flexibility index (Phi) is 2.08. The van der Waals surface area contributed by atoms with Crippen molar-refractivity contribution in [2.24, 2.45) is 0 Å². The van der Waals surface area contributed by atoms with Crippen LogP contribution < -0.4 is 10.7 Å². The van der Waals surface area contributed by atoms with Gasteiger partial charge in [0.15, 0.2) is 6.72 Å². The van der Waals surface area contributed by atoms with E-state index in [0.29, 0.717) is 0 Å². The molecule has 3 nitrogen and oxygen atoms in total. The lowest BCUT2D eigenvalue weighted by atomic mass is 11.7. The standard InChI is InChI=1S/CH4N2O/c1-2-3-4/h3-4H,1H2/p+1. The third-order valence-electron chi connectivity index (χ3n) is 0.0791. The van der Waals surface area contributed by atoms with Gasteiger partial charge in [-0.05, 0) is 0 Å². The second kappa shape index (κ2) is 2.43. The van der Waals surface area contributed by atoms with Crippen molar-refractivity contribution in [2.45, 2.75) is 0 Å². The normalized spacial score (nSPS) is 5.25. The fourth-order valence-electron chi connectivity index (χ4n) is 0. The minimum atomic E-state index is 1.57. The number of hydrogen-bond donors (Lipinski definition) is 3. The van der Waals surface area contributed by atoms with Crippen molar-refractivity contribution < 1.29 is 10.3 Å². The quantitative estimate of drug-likeness (QED) is 0.235. The van der Waals surface area contributed by atoms with Crippen LogP contribution in [0.15, 0.2) is 0 Å². The zero-order chi connectivity index (χ0) is 3.41. The van der Waals surface area contributed by atoms with Crippen molar-refractivity contribution in [1.29, 1.82) is 0 Å². The van der Waals surface area contributed by atoms with Gasteiger partial charge in [0.05, 0.1) is 0 Å². The van der Waals surface area contributed by atoms with E-state index >= 15 is 0 Å². The average Bonchev–Trinajstić information content (AvgIpc) is 1.37. The molecule has 3 heteroatoms. The first-order valence-electron chi connectivity index (χ1n) is 0.827. The summed E-state index contributed by atoms with van der Waals surface area (Å²) in [6, 6.07) is 0. The molecule has 0 aliphatic carbocycles. The van der Waals surface area contributed by atoms with Crippen molar-refractivity contribution in [3.63, 3.8) is 0 Å². The molecule has 0 fully saturated rings. The largest absolute Gasteiger partial charge is 0.243 e. The molecule has 0 bridgehead atoms. The van der Waals surface area contributed by atoms with Crippen LogP contribution in [0.4, 0.5) is 0 Å². The zero-order valence-electron chi connectivity index (χ0n) is 2.15. The van der Waals surface area contributed by atoms with Gasteiger partial charge in [0.2, 0.25) is 0 Å². The molecule has 0 radical (unpaired) electrons. The Labute approximate surface area is 23.9 Å². The van der Waals surface area contributed by atoms with E-state index in [1.54, 1.807) is 5.59 Å². The monoisotopic (exact) mass is 61.0 g/mol. The summed E-state index contributed by atoms with van der Waals surface area (Å²) in [5.41, 5.74) is 1.57. The van der Waals surface area contributed by atoms with E-state index < -0.39 is 0 Å². The average molecular weight is 61.1 g/mol. The highest BCUT2D eigenvalue weighted by Crippen LogP contribution is 0.731. The smallest absolute Gasteiger partial charge is 0.157 e. The fraction of sp³-hybridized carbons (Fsp3) is 0. The molecule has 4 heavy (non-hydrogen) atoms. The summed E-state index contributed by atoms with van der Waals surface area (Å²) in [4.78, 5) is 0. The Bertz CT molecular complexity index is 20.0. The van der Waals surface area contributed by atoms with Gasteiger partial charge in [0.1, 0.15) is 0 Å². The van der Waals surface area contributed by atoms with Crippen LogP contribution in [0.3, 0.4) is 0 Å². The minimum absolute atomic E-state index is 1.57. The molecule has 0 amide bonds. The molecular weight excluding hydrogens is 56.0 g/mol. The lowest BCUT2D eigenvalue weighted by molar-refractivity contribution is -0.579. The Morgan fingerprint density at radius 3 is 2.25 bits per heavy atom. The van der Waals surface area contributed by atoms with Crippen molar-refractivity contribution in [3.05, 3.63) is 0 Å². The molecule has 0 heterocycles. The van der Waals surface area contributed by atoms with E-state index in [1.807, 2.05) is 5.10 Å². The summed E-state index contributed by atoms with van der Waals surface area (Å²) in [7, 11) is 0. The SMILES string of the molecule is C=[NH+]NO. The van der Waals surface area contributed by atoms with Gasteiger partial charge in [-0.25, -0.2) is 5.21 Å². The molecule has 0 rings (SSSR count). The van der Waals surface area contributed by atoms with Gasteiger partial charge in [0, 0.05) is 0 Å². The second-order valence-corrected chi connectivity index (χ2v) is 0.289. The minimum Gasteiger partial charge on any atom is -0.243 e. The van der Waals surface area contributed by atoms with Gasteiger partial charge in [-0.3, -0.25) is 0 Å². The first-order valence-corrected chi connectivity index (χ1v) is 0.827. The van der Waals surface area contributed by atoms with E-state index in [9.17, 15) is 0 Å². The predicted octanol–water partition coefficient (Wildman–Crippen LogP) is -2.34. The van der Waals surface area contributed by atoms with Crippen molar-refractivity contribution in [2.75, 3.05) is 0 Å². The van der Waals surface area contributed by atoms with Crippen LogP contribution in [0, 0.1) is 0 Å². The molecule has 0 unspecified atom stereocenters. The van der Waals surface area contributed by atoms with E-state index in [-0.39, 0.29) is 0 Å². The van der Waals surface area contributed by atoms with Crippen LogP contribution in [-0.4, -0.2) is 11.9 Å². The highest BCUT2D eigenvalue weighted by Gasteiger charge is 1.42. The molecule has 0 aromatic heterocycles. The molecule has 24 valence electrons. The van der Waals surface area contributed by atoms with Gasteiger partial charge in [-0.2, -0.15) is 0 Å². The first kappa shape index (κ1) is 3.43. The summed E-state index contributed by atoms with van der Waals surface area (Å²) in [5.74, 6) is 0. The molecule has 0 aliphatic heterocycles. The van der Waals surface area contributed by atoms with Gasteiger partial charge >= 0.3 is 0 Å². The number of nitrogens with one attached hydrogen (secondary N) is 2. The number of rotatable bonds is 1. The third-order valence-corrected chi connectivity index (χ3v) is 0.0791. The van der Waals surface area contributed by atoms with Gasteiger partial charge in [-0.15, -0.1) is 5.10 Å². The van der Waals surface area contributed by atoms with Gasteiger partial charge < -0.3 is 0 Å². The van der Waals surface area contributed by atoms with Crippen molar-refractivity contribution >= 4 is 6.72 Å². The fourth-order valence-corrected chi connectivity index (χ4v) is 0. The predicted molar refractivity (Wildman–Crippen MR) is 13.0 cm³/mol. The van der Waals surface area contributed by atoms with E-state index in [2.05, 4.69) is 6.72 Å². The molecular formula is CH5N2O+. The number of hydrazine groups is 1. The number of hydrogen-bond acceptors (Lipinski definition) is 2. The molecule has 0 aliphatic rings. The molecule has 3 N–H and O–H groups in total. The Hall–Kier alpha value is -0.570. The molecule has 0 aromatic carbocycles. The number of hydrazone groups is 1. The van der Waals surface area contributed by atoms with Crippen molar-refractivity contribution in [1.82, 2.24) is 5.59 Å². The second-order valence-electron chi connectivity index (χ2n) is 0.289. The van der Waals surface area contributed by atoms with E-state index in [1.165, 1.54) is 0 Å². The summed E-state index contributed by atoms with van der Waals surface area (Å²) in [5, 5.41) is 9.44. The van der Waals surface area contributed by atoms with E-state index in [0.717, 1.165) is 0 Å². The molecule has 0 aromatic rings. The maximum absolute atomic E-state index is 7.45. The lowest BCUT2D eigenvalue weighted by Crippen LogP contribution is -2.76. The Balaban J connectivity index is 2.30. The highest BCUT2D eigenvalue weighted by molar-refractivity contribution is 5.11. The maximum Gasteiger partial charge on any atom is 0.157 e. The van der Waals surface area contributed by atoms with Crippen molar-refractivity contribution in [3.8, 4) is 0 Å². The molecule has 0 saturated carbocycles. The summed E-state index contributed by atoms with van der Waals surface area (Å²) >= 11 is 0. The molecule has 0 saturated heterocycles.